The summed E-state index contributed by atoms with van der Waals surface area (Å²) in [5, 5.41) is 14.2. The Hall–Kier alpha value is -7.92. The van der Waals surface area contributed by atoms with Crippen LogP contribution in [0.25, 0.3) is 0 Å². The average molecular weight is 1470 g/mol. The van der Waals surface area contributed by atoms with E-state index in [0.717, 1.165) is 39.4 Å². The van der Waals surface area contributed by atoms with Gasteiger partial charge in [-0.05, 0) is 125 Å². The Morgan fingerprint density at radius 1 is 0.510 bits per heavy atom. The number of anilines is 1. The summed E-state index contributed by atoms with van der Waals surface area (Å²) in [5.74, 6) is -14.2. The summed E-state index contributed by atoms with van der Waals surface area (Å²) in [5.41, 5.74) is 0.727. The number of benzene rings is 1. The van der Waals surface area contributed by atoms with E-state index in [1.54, 1.807) is 72.6 Å². The van der Waals surface area contributed by atoms with Crippen LogP contribution in [-0.2, 0) is 67.0 Å². The fourth-order valence-corrected chi connectivity index (χ4v) is 11.9. The van der Waals surface area contributed by atoms with E-state index in [9.17, 15) is 56.3 Å². The Morgan fingerprint density at radius 3 is 1.40 bits per heavy atom. The standard InChI is InChI=1S/C72H119F3N12O14S/c1-26-28-32-46(15)59(101-70(99)72(73,74)75)58(63(92)79-50(27-2)65(94)81(18)39-55(88)100-25)87(24)69(98)57(45(13)14)86(23)67(96)54(38-43(9)10)84(21)66(95)53(37-42(7)8)83(20)64(93)48(17)77-60(89)47(16)76-61(90)51(35-40(3)4)82(19)68(97)56(44(11)12)80-62(91)52(36-41(5)6)85(22)71(102)78-49-33-30-29-31-34-49/h26,28-31,33-34,40-48,50-54,56-59H,27,32,35-39H2,1-25H3,(H,76,90)(H,77,89)(H,78,102)(H,79,92)(H,80,91)/b28-26+/t46-,47+,48+,50+,51+,52+,53+,54+,56+,57+,58+,59-/m1/s1. The van der Waals surface area contributed by atoms with Gasteiger partial charge in [0, 0.05) is 55.0 Å². The topological polar surface area (TPSA) is 306 Å². The molecule has 0 unspecified atom stereocenters. The van der Waals surface area contributed by atoms with Crippen LogP contribution in [0.15, 0.2) is 42.5 Å². The zero-order valence-corrected chi connectivity index (χ0v) is 65.6. The number of nitrogens with one attached hydrogen (secondary N) is 5. The highest BCUT2D eigenvalue weighted by molar-refractivity contribution is 7.80. The van der Waals surface area contributed by atoms with Crippen LogP contribution in [0, 0.1) is 41.4 Å². The van der Waals surface area contributed by atoms with E-state index < -0.39 is 168 Å². The first-order valence-corrected chi connectivity index (χ1v) is 35.4. The molecule has 0 aliphatic carbocycles. The molecule has 0 spiro atoms. The number of hydrogen-bond acceptors (Lipinski definition) is 15. The van der Waals surface area contributed by atoms with Crippen molar-refractivity contribution in [2.75, 3.05) is 68.3 Å². The fraction of sp³-hybridized carbons (Fsp3) is 0.708. The summed E-state index contributed by atoms with van der Waals surface area (Å²) in [6, 6.07) is -4.00. The van der Waals surface area contributed by atoms with E-state index in [2.05, 4.69) is 31.3 Å². The second-order valence-electron chi connectivity index (χ2n) is 28.9. The molecule has 0 aromatic heterocycles. The molecule has 0 saturated carbocycles. The van der Waals surface area contributed by atoms with E-state index in [4.69, 9.17) is 17.0 Å². The number of methoxy groups -OCH3 is 1. The maximum atomic E-state index is 15.3. The molecule has 0 bridgehead atoms. The molecule has 30 heteroatoms. The lowest BCUT2D eigenvalue weighted by molar-refractivity contribution is -0.210. The highest BCUT2D eigenvalue weighted by Crippen LogP contribution is 2.29. The quantitative estimate of drug-likeness (QED) is 0.0270. The number of ether oxygens (including phenoxy) is 2. The number of carbonyl (C=O) groups is 12. The summed E-state index contributed by atoms with van der Waals surface area (Å²) in [6.07, 6.45) is -4.05. The van der Waals surface area contributed by atoms with Gasteiger partial charge in [0.25, 0.3) is 0 Å². The third kappa shape index (κ3) is 27.7. The van der Waals surface area contributed by atoms with Crippen molar-refractivity contribution in [1.82, 2.24) is 55.6 Å². The average Bonchev–Trinajstić information content (AvgIpc) is 0.795. The van der Waals surface area contributed by atoms with Crippen molar-refractivity contribution in [3.8, 4) is 0 Å². The van der Waals surface area contributed by atoms with Crippen LogP contribution in [-0.4, -0.2) is 246 Å². The molecule has 0 fully saturated rings. The molecule has 1 aromatic carbocycles. The molecule has 578 valence electrons. The van der Waals surface area contributed by atoms with Crippen molar-refractivity contribution in [2.45, 2.75) is 229 Å². The maximum absolute atomic E-state index is 15.3. The van der Waals surface area contributed by atoms with Crippen LogP contribution in [0.5, 0.6) is 0 Å². The molecule has 0 heterocycles. The van der Waals surface area contributed by atoms with E-state index in [1.165, 1.54) is 72.7 Å². The predicted molar refractivity (Wildman–Crippen MR) is 388 cm³/mol. The highest BCUT2D eigenvalue weighted by atomic mass is 32.1. The molecule has 0 saturated heterocycles. The summed E-state index contributed by atoms with van der Waals surface area (Å²) >= 11 is 5.71. The minimum Gasteiger partial charge on any atom is -0.468 e. The van der Waals surface area contributed by atoms with Crippen molar-refractivity contribution in [3.63, 3.8) is 0 Å². The van der Waals surface area contributed by atoms with Crippen LogP contribution >= 0.6 is 12.2 Å². The second kappa shape index (κ2) is 42.6. The fourth-order valence-electron chi connectivity index (χ4n) is 11.7. The number of rotatable bonds is 39. The second-order valence-corrected chi connectivity index (χ2v) is 29.3. The van der Waals surface area contributed by atoms with Gasteiger partial charge in [-0.2, -0.15) is 13.2 Å². The SMILES string of the molecule is C/C=C/C[C@@H](C)[C@@H](OC(=O)C(F)(F)F)[C@@H](C(=O)N[C@@H](CC)C(=O)N(C)CC(=O)OC)N(C)C(=O)[C@H](C(C)C)N(C)C(=O)[C@H](CC(C)C)N(C)C(=O)[C@H](CC(C)C)N(C)C(=O)[C@H](C)NC(=O)[C@H](C)NC(=O)[C@H](CC(C)C)N(C)C(=O)[C@@H](NC(=O)[C@H](CC(C)C)N(C)C(=S)Nc1ccccc1)C(C)C. The van der Waals surface area contributed by atoms with E-state index in [0.29, 0.717) is 11.5 Å². The van der Waals surface area contributed by atoms with Crippen molar-refractivity contribution >= 4 is 94.0 Å². The summed E-state index contributed by atoms with van der Waals surface area (Å²) in [4.78, 5) is 179. The molecule has 0 aliphatic heterocycles. The molecule has 26 nitrogen and oxygen atoms in total. The Morgan fingerprint density at radius 2 is 0.951 bits per heavy atom. The molecule has 1 aromatic rings. The number of alkyl halides is 3. The van der Waals surface area contributed by atoms with Gasteiger partial charge in [0.1, 0.15) is 73.1 Å². The zero-order chi connectivity index (χ0) is 78.9. The molecular weight excluding hydrogens is 1350 g/mol. The molecule has 1 rings (SSSR count). The number of hydrogen-bond donors (Lipinski definition) is 5. The number of allylic oxidation sites excluding steroid dienone is 2. The first kappa shape index (κ1) is 92.1. The summed E-state index contributed by atoms with van der Waals surface area (Å²) in [7, 11) is 10.6. The maximum Gasteiger partial charge on any atom is 0.490 e. The predicted octanol–water partition coefficient (Wildman–Crippen LogP) is 6.41. The van der Waals surface area contributed by atoms with Gasteiger partial charge in [0.2, 0.25) is 59.1 Å². The number of thiocarbonyl (C=S) groups is 1. The minimum atomic E-state index is -5.56. The Kier molecular flexibility index (Phi) is 38.5. The van der Waals surface area contributed by atoms with Gasteiger partial charge in [0.15, 0.2) is 5.11 Å². The lowest BCUT2D eigenvalue weighted by Gasteiger charge is -2.42. The molecule has 10 amide bonds. The van der Waals surface area contributed by atoms with Gasteiger partial charge in [-0.1, -0.05) is 127 Å². The van der Waals surface area contributed by atoms with Crippen molar-refractivity contribution in [2.24, 2.45) is 41.4 Å². The number of amides is 10. The summed E-state index contributed by atoms with van der Waals surface area (Å²) in [6.45, 7) is 28.3. The van der Waals surface area contributed by atoms with Crippen molar-refractivity contribution in [3.05, 3.63) is 42.5 Å². The zero-order valence-electron chi connectivity index (χ0n) is 64.8. The van der Waals surface area contributed by atoms with Crippen molar-refractivity contribution < 1.29 is 80.2 Å². The van der Waals surface area contributed by atoms with Crippen LogP contribution < -0.4 is 26.6 Å². The molecule has 102 heavy (non-hydrogen) atoms. The van der Waals surface area contributed by atoms with E-state index in [1.807, 2.05) is 71.9 Å². The van der Waals surface area contributed by atoms with Crippen molar-refractivity contribution in [1.29, 1.82) is 0 Å². The van der Waals surface area contributed by atoms with Gasteiger partial charge >= 0.3 is 18.1 Å². The third-order valence-electron chi connectivity index (χ3n) is 17.7. The molecule has 0 aliphatic rings. The Balaban J connectivity index is 3.73. The number of nitrogens with zero attached hydrogens (tertiary/aromatic N) is 7. The van der Waals surface area contributed by atoms with E-state index >= 15 is 14.4 Å². The van der Waals surface area contributed by atoms with Crippen LogP contribution in [0.1, 0.15) is 156 Å². The third-order valence-corrected chi connectivity index (χ3v) is 18.1. The van der Waals surface area contributed by atoms with Crippen LogP contribution in [0.3, 0.4) is 0 Å². The number of likely N-dealkylation sites (N-methyl/N-ethyl adjacent to an activating group) is 7. The van der Waals surface area contributed by atoms with Gasteiger partial charge < -0.3 is 70.4 Å². The molecule has 5 N–H and O–H groups in total. The van der Waals surface area contributed by atoms with Gasteiger partial charge in [-0.3, -0.25) is 52.7 Å². The lowest BCUT2D eigenvalue weighted by Crippen LogP contribution is -2.64. The summed E-state index contributed by atoms with van der Waals surface area (Å²) < 4.78 is 52.1. The van der Waals surface area contributed by atoms with Gasteiger partial charge in [-0.25, -0.2) is 4.79 Å². The number of esters is 2. The number of halogens is 3. The number of carbonyl (C=O) groups excluding carboxylic acids is 12. The van der Waals surface area contributed by atoms with Crippen LogP contribution in [0.2, 0.25) is 0 Å². The minimum absolute atomic E-state index is 0.000731. The Bertz CT molecular complexity index is 3030. The largest absolute Gasteiger partial charge is 0.490 e. The number of para-hydroxylation sites is 1. The normalized spacial score (nSPS) is 15.3. The lowest BCUT2D eigenvalue weighted by atomic mass is 9.91. The van der Waals surface area contributed by atoms with Gasteiger partial charge in [0.05, 0.1) is 7.11 Å². The van der Waals surface area contributed by atoms with Crippen LogP contribution in [0.4, 0.5) is 18.9 Å². The van der Waals surface area contributed by atoms with Gasteiger partial charge in [-0.15, -0.1) is 0 Å². The highest BCUT2D eigenvalue weighted by Gasteiger charge is 2.50. The molecule has 0 radical (unpaired) electrons. The first-order chi connectivity index (χ1) is 47.1. The Labute approximate surface area is 608 Å². The molecule has 12 atom stereocenters. The first-order valence-electron chi connectivity index (χ1n) is 35.0. The van der Waals surface area contributed by atoms with E-state index in [-0.39, 0.29) is 55.8 Å². The molecular formula is C72H119F3N12O14S. The monoisotopic (exact) mass is 1460 g/mol. The smallest absolute Gasteiger partial charge is 0.468 e.